The number of nitrogens with one attached hydrogen (secondary N) is 2. The average molecular weight is 363 g/mol. The molecule has 0 radical (unpaired) electrons. The summed E-state index contributed by atoms with van der Waals surface area (Å²) in [6, 6.07) is 5.43. The Hall–Kier alpha value is -2.44. The molecule has 1 aromatic carbocycles. The molecule has 0 spiro atoms. The Bertz CT molecular complexity index is 648. The standard InChI is InChI=1S/C19H29N3O4/c1-6-20-19(24)22-10-15(16(11-22)18(23)21-12(2)3)14-9-13(25-4)7-8-17(14)26-5/h7-9,12,15-16H,6,10-11H2,1-5H3,(H,20,24)(H,21,23)/t15-,16+/m1/s1. The summed E-state index contributed by atoms with van der Waals surface area (Å²) in [5.74, 6) is 0.820. The zero-order valence-corrected chi connectivity index (χ0v) is 16.2. The number of rotatable bonds is 6. The van der Waals surface area contributed by atoms with Gasteiger partial charge in [-0.3, -0.25) is 4.79 Å². The minimum atomic E-state index is -0.346. The van der Waals surface area contributed by atoms with E-state index >= 15 is 0 Å². The molecule has 7 heteroatoms. The average Bonchev–Trinajstić information content (AvgIpc) is 3.06. The zero-order chi connectivity index (χ0) is 19.3. The number of hydrogen-bond acceptors (Lipinski definition) is 4. The number of amides is 3. The van der Waals surface area contributed by atoms with Crippen LogP contribution in [0, 0.1) is 5.92 Å². The molecule has 0 unspecified atom stereocenters. The predicted octanol–water partition coefficient (Wildman–Crippen LogP) is 1.97. The van der Waals surface area contributed by atoms with Crippen molar-refractivity contribution in [2.75, 3.05) is 33.9 Å². The Balaban J connectivity index is 2.38. The van der Waals surface area contributed by atoms with Gasteiger partial charge in [-0.25, -0.2) is 4.79 Å². The van der Waals surface area contributed by atoms with Crippen LogP contribution in [0.15, 0.2) is 18.2 Å². The van der Waals surface area contributed by atoms with Crippen molar-refractivity contribution in [1.82, 2.24) is 15.5 Å². The number of ether oxygens (including phenoxy) is 2. The fourth-order valence-electron chi connectivity index (χ4n) is 3.33. The van der Waals surface area contributed by atoms with Crippen LogP contribution in [-0.2, 0) is 4.79 Å². The van der Waals surface area contributed by atoms with Crippen molar-refractivity contribution in [3.05, 3.63) is 23.8 Å². The molecule has 1 aromatic rings. The lowest BCUT2D eigenvalue weighted by molar-refractivity contribution is -0.125. The molecule has 7 nitrogen and oxygen atoms in total. The first-order chi connectivity index (χ1) is 12.4. The van der Waals surface area contributed by atoms with Gasteiger partial charge < -0.3 is 25.0 Å². The van der Waals surface area contributed by atoms with Crippen molar-refractivity contribution >= 4 is 11.9 Å². The number of likely N-dealkylation sites (tertiary alicyclic amines) is 1. The first-order valence-electron chi connectivity index (χ1n) is 8.96. The molecule has 1 saturated heterocycles. The fraction of sp³-hybridized carbons (Fsp3) is 0.579. The van der Waals surface area contributed by atoms with Gasteiger partial charge in [0.2, 0.25) is 5.91 Å². The van der Waals surface area contributed by atoms with Crippen LogP contribution >= 0.6 is 0 Å². The van der Waals surface area contributed by atoms with Crippen molar-refractivity contribution in [2.45, 2.75) is 32.7 Å². The van der Waals surface area contributed by atoms with Gasteiger partial charge in [0.25, 0.3) is 0 Å². The molecule has 26 heavy (non-hydrogen) atoms. The van der Waals surface area contributed by atoms with Crippen molar-refractivity contribution in [3.63, 3.8) is 0 Å². The molecule has 0 aliphatic carbocycles. The van der Waals surface area contributed by atoms with Crippen LogP contribution in [0.1, 0.15) is 32.3 Å². The molecule has 0 bridgehead atoms. The molecule has 1 heterocycles. The maximum atomic E-state index is 12.8. The van der Waals surface area contributed by atoms with E-state index < -0.39 is 0 Å². The Kier molecular flexibility index (Phi) is 6.71. The van der Waals surface area contributed by atoms with Crippen LogP contribution in [0.25, 0.3) is 0 Å². The highest BCUT2D eigenvalue weighted by atomic mass is 16.5. The SMILES string of the molecule is CCNC(=O)N1C[C@H](C(=O)NC(C)C)[C@@H](c2cc(OC)ccc2OC)C1. The molecule has 1 aliphatic heterocycles. The first kappa shape index (κ1) is 19.9. The van der Waals surface area contributed by atoms with Gasteiger partial charge in [-0.15, -0.1) is 0 Å². The number of urea groups is 1. The van der Waals surface area contributed by atoms with Crippen molar-refractivity contribution in [1.29, 1.82) is 0 Å². The second-order valence-electron chi connectivity index (χ2n) is 6.72. The Morgan fingerprint density at radius 1 is 1.23 bits per heavy atom. The molecule has 0 aromatic heterocycles. The number of benzene rings is 1. The van der Waals surface area contributed by atoms with E-state index in [4.69, 9.17) is 9.47 Å². The molecule has 144 valence electrons. The van der Waals surface area contributed by atoms with E-state index in [0.717, 1.165) is 5.56 Å². The maximum Gasteiger partial charge on any atom is 0.317 e. The molecular formula is C19H29N3O4. The fourth-order valence-corrected chi connectivity index (χ4v) is 3.33. The van der Waals surface area contributed by atoms with E-state index in [-0.39, 0.29) is 29.8 Å². The topological polar surface area (TPSA) is 79.9 Å². The van der Waals surface area contributed by atoms with Gasteiger partial charge in [-0.1, -0.05) is 0 Å². The van der Waals surface area contributed by atoms with Crippen LogP contribution in [-0.4, -0.2) is 56.7 Å². The van der Waals surface area contributed by atoms with Gasteiger partial charge in [0.15, 0.2) is 0 Å². The second-order valence-corrected chi connectivity index (χ2v) is 6.72. The summed E-state index contributed by atoms with van der Waals surface area (Å²) in [6.45, 7) is 7.09. The van der Waals surface area contributed by atoms with Crippen molar-refractivity contribution in [3.8, 4) is 11.5 Å². The third-order valence-electron chi connectivity index (χ3n) is 4.54. The monoisotopic (exact) mass is 363 g/mol. The normalized spacial score (nSPS) is 19.4. The predicted molar refractivity (Wildman–Crippen MR) is 99.7 cm³/mol. The Morgan fingerprint density at radius 2 is 1.96 bits per heavy atom. The Morgan fingerprint density at radius 3 is 2.54 bits per heavy atom. The smallest absolute Gasteiger partial charge is 0.317 e. The van der Waals surface area contributed by atoms with Crippen LogP contribution in [0.2, 0.25) is 0 Å². The number of nitrogens with zero attached hydrogens (tertiary/aromatic N) is 1. The minimum absolute atomic E-state index is 0.0360. The molecule has 3 amide bonds. The van der Waals surface area contributed by atoms with Gasteiger partial charge in [-0.2, -0.15) is 0 Å². The maximum absolute atomic E-state index is 12.8. The molecule has 0 saturated carbocycles. The quantitative estimate of drug-likeness (QED) is 0.810. The van der Waals surface area contributed by atoms with Crippen LogP contribution in [0.4, 0.5) is 4.79 Å². The lowest BCUT2D eigenvalue weighted by Crippen LogP contribution is -2.41. The summed E-state index contributed by atoms with van der Waals surface area (Å²) in [7, 11) is 3.20. The molecular weight excluding hydrogens is 334 g/mol. The molecule has 2 N–H and O–H groups in total. The Labute approximate surface area is 155 Å². The highest BCUT2D eigenvalue weighted by Crippen LogP contribution is 2.39. The third-order valence-corrected chi connectivity index (χ3v) is 4.54. The highest BCUT2D eigenvalue weighted by molar-refractivity contribution is 5.83. The van der Waals surface area contributed by atoms with Crippen molar-refractivity contribution in [2.24, 2.45) is 5.92 Å². The molecule has 2 rings (SSSR count). The summed E-state index contributed by atoms with van der Waals surface area (Å²) in [6.07, 6.45) is 0. The lowest BCUT2D eigenvalue weighted by atomic mass is 9.87. The lowest BCUT2D eigenvalue weighted by Gasteiger charge is -2.21. The zero-order valence-electron chi connectivity index (χ0n) is 16.2. The van der Waals surface area contributed by atoms with E-state index in [2.05, 4.69) is 10.6 Å². The second kappa shape index (κ2) is 8.78. The summed E-state index contributed by atoms with van der Waals surface area (Å²) in [4.78, 5) is 26.8. The van der Waals surface area contributed by atoms with E-state index in [1.807, 2.05) is 39.0 Å². The molecule has 1 aliphatic rings. The number of carbonyl (C=O) groups excluding carboxylic acids is 2. The van der Waals surface area contributed by atoms with Gasteiger partial charge in [0, 0.05) is 37.2 Å². The highest BCUT2D eigenvalue weighted by Gasteiger charge is 2.41. The number of carbonyl (C=O) groups is 2. The number of methoxy groups -OCH3 is 2. The van der Waals surface area contributed by atoms with Crippen LogP contribution in [0.3, 0.4) is 0 Å². The molecule has 1 fully saturated rings. The van der Waals surface area contributed by atoms with Crippen LogP contribution in [0.5, 0.6) is 11.5 Å². The third kappa shape index (κ3) is 4.39. The largest absolute Gasteiger partial charge is 0.497 e. The van der Waals surface area contributed by atoms with E-state index in [1.54, 1.807) is 19.1 Å². The minimum Gasteiger partial charge on any atom is -0.497 e. The van der Waals surface area contributed by atoms with Gasteiger partial charge >= 0.3 is 6.03 Å². The van der Waals surface area contributed by atoms with E-state index in [9.17, 15) is 9.59 Å². The first-order valence-corrected chi connectivity index (χ1v) is 8.96. The summed E-state index contributed by atoms with van der Waals surface area (Å²) < 4.78 is 10.8. The number of hydrogen-bond donors (Lipinski definition) is 2. The van der Waals surface area contributed by atoms with Gasteiger partial charge in [-0.05, 0) is 39.0 Å². The summed E-state index contributed by atoms with van der Waals surface area (Å²) in [5.41, 5.74) is 0.877. The summed E-state index contributed by atoms with van der Waals surface area (Å²) in [5, 5.41) is 5.78. The van der Waals surface area contributed by atoms with E-state index in [1.165, 1.54) is 0 Å². The van der Waals surface area contributed by atoms with Gasteiger partial charge in [0.05, 0.1) is 20.1 Å². The van der Waals surface area contributed by atoms with E-state index in [0.29, 0.717) is 31.1 Å². The van der Waals surface area contributed by atoms with Crippen LogP contribution < -0.4 is 20.1 Å². The van der Waals surface area contributed by atoms with Gasteiger partial charge in [0.1, 0.15) is 11.5 Å². The van der Waals surface area contributed by atoms with Crippen molar-refractivity contribution < 1.29 is 19.1 Å². The summed E-state index contributed by atoms with van der Waals surface area (Å²) >= 11 is 0. The molecule has 2 atom stereocenters.